The lowest BCUT2D eigenvalue weighted by Gasteiger charge is -2.17. The van der Waals surface area contributed by atoms with E-state index in [4.69, 9.17) is 4.98 Å². The van der Waals surface area contributed by atoms with Crippen molar-refractivity contribution in [2.24, 2.45) is 0 Å². The Morgan fingerprint density at radius 1 is 0.960 bits per heavy atom. The molecule has 0 saturated carbocycles. The van der Waals surface area contributed by atoms with E-state index in [1.807, 2.05) is 47.6 Å². The molecule has 0 radical (unpaired) electrons. The molecule has 1 aromatic carbocycles. The first-order valence-electron chi connectivity index (χ1n) is 8.92. The molecule has 2 heterocycles. The maximum Gasteiger partial charge on any atom is 0.194 e. The van der Waals surface area contributed by atoms with Crippen LogP contribution in [0.5, 0.6) is 0 Å². The Balaban J connectivity index is 0.00000109. The molecule has 25 heavy (non-hydrogen) atoms. The predicted octanol–water partition coefficient (Wildman–Crippen LogP) is 5.01. The number of hydrogen-bond acceptors (Lipinski definition) is 2. The van der Waals surface area contributed by atoms with E-state index in [0.717, 1.165) is 34.7 Å². The Bertz CT molecular complexity index is 951. The zero-order valence-electron chi connectivity index (χ0n) is 16.4. The van der Waals surface area contributed by atoms with Crippen LogP contribution < -0.4 is 5.43 Å². The van der Waals surface area contributed by atoms with Crippen molar-refractivity contribution in [2.45, 2.75) is 55.0 Å². The van der Waals surface area contributed by atoms with Gasteiger partial charge in [0.25, 0.3) is 0 Å². The molecule has 3 nitrogen and oxygen atoms in total. The molecular weight excluding hydrogens is 308 g/mol. The van der Waals surface area contributed by atoms with E-state index in [1.54, 1.807) is 0 Å². The van der Waals surface area contributed by atoms with Crippen LogP contribution in [0.1, 0.15) is 47.5 Å². The summed E-state index contributed by atoms with van der Waals surface area (Å²) in [4.78, 5) is 17.3. The van der Waals surface area contributed by atoms with Gasteiger partial charge in [0.2, 0.25) is 0 Å². The van der Waals surface area contributed by atoms with Crippen molar-refractivity contribution < 1.29 is 0 Å². The van der Waals surface area contributed by atoms with E-state index in [1.165, 1.54) is 11.1 Å². The maximum absolute atomic E-state index is 12.6. The number of hydrogen-bond donors (Lipinski definition) is 0. The van der Waals surface area contributed by atoms with Crippen LogP contribution in [0, 0.1) is 34.6 Å². The second-order valence-corrected chi connectivity index (χ2v) is 6.37. The van der Waals surface area contributed by atoms with Gasteiger partial charge < -0.3 is 4.57 Å². The first-order valence-corrected chi connectivity index (χ1v) is 8.92. The third-order valence-corrected chi connectivity index (χ3v) is 4.70. The molecule has 2 aromatic heterocycles. The van der Waals surface area contributed by atoms with Crippen molar-refractivity contribution in [3.8, 4) is 0 Å². The number of benzene rings is 1. The molecule has 0 spiro atoms. The van der Waals surface area contributed by atoms with Gasteiger partial charge in [0.15, 0.2) is 5.43 Å². The van der Waals surface area contributed by atoms with E-state index >= 15 is 0 Å². The average molecular weight is 336 g/mol. The van der Waals surface area contributed by atoms with Gasteiger partial charge in [-0.1, -0.05) is 43.7 Å². The Morgan fingerprint density at radius 3 is 2.16 bits per heavy atom. The quantitative estimate of drug-likeness (QED) is 0.659. The van der Waals surface area contributed by atoms with Crippen LogP contribution >= 0.6 is 0 Å². The Kier molecular flexibility index (Phi) is 5.78. The van der Waals surface area contributed by atoms with Gasteiger partial charge in [0, 0.05) is 23.5 Å². The highest BCUT2D eigenvalue weighted by Crippen LogP contribution is 2.19. The number of aryl methyl sites for hydroxylation is 3. The standard InChI is InChI=1S/C20H22N2O.C2H6/c1-12-6-8-17(9-7-12)11-22-16(5)14(3)19(23)18-10-13(2)15(4)21-20(18)22;1-2/h6-10H,11H2,1-5H3;1-2H3. The largest absolute Gasteiger partial charge is 0.325 e. The molecule has 132 valence electrons. The summed E-state index contributed by atoms with van der Waals surface area (Å²) in [6.07, 6.45) is 0. The van der Waals surface area contributed by atoms with Gasteiger partial charge >= 0.3 is 0 Å². The normalized spacial score (nSPS) is 10.5. The average Bonchev–Trinajstić information content (AvgIpc) is 2.62. The summed E-state index contributed by atoms with van der Waals surface area (Å²) >= 11 is 0. The molecule has 0 aliphatic rings. The molecule has 0 aliphatic carbocycles. The summed E-state index contributed by atoms with van der Waals surface area (Å²) in [6, 6.07) is 10.5. The highest BCUT2D eigenvalue weighted by Gasteiger charge is 2.14. The van der Waals surface area contributed by atoms with Gasteiger partial charge in [0.1, 0.15) is 5.65 Å². The van der Waals surface area contributed by atoms with Crippen molar-refractivity contribution in [3.63, 3.8) is 0 Å². The summed E-state index contributed by atoms with van der Waals surface area (Å²) in [5.74, 6) is 0. The predicted molar refractivity (Wildman–Crippen MR) is 107 cm³/mol. The molecule has 0 fully saturated rings. The van der Waals surface area contributed by atoms with Crippen LogP contribution in [0.25, 0.3) is 11.0 Å². The van der Waals surface area contributed by atoms with Crippen LogP contribution in [-0.4, -0.2) is 9.55 Å². The SMILES string of the molecule is CC.Cc1ccc(Cn2c(C)c(C)c(=O)c3cc(C)c(C)nc32)cc1. The van der Waals surface area contributed by atoms with Crippen molar-refractivity contribution in [3.05, 3.63) is 74.2 Å². The van der Waals surface area contributed by atoms with Crippen LogP contribution in [-0.2, 0) is 6.54 Å². The summed E-state index contributed by atoms with van der Waals surface area (Å²) in [7, 11) is 0. The topological polar surface area (TPSA) is 34.9 Å². The molecule has 0 unspecified atom stereocenters. The number of fused-ring (bicyclic) bond motifs is 1. The second kappa shape index (κ2) is 7.64. The monoisotopic (exact) mass is 336 g/mol. The zero-order valence-corrected chi connectivity index (χ0v) is 16.4. The van der Waals surface area contributed by atoms with Crippen molar-refractivity contribution in [1.82, 2.24) is 9.55 Å². The summed E-state index contributed by atoms with van der Waals surface area (Å²) in [6.45, 7) is 14.7. The van der Waals surface area contributed by atoms with Crippen LogP contribution in [0.4, 0.5) is 0 Å². The summed E-state index contributed by atoms with van der Waals surface area (Å²) in [5, 5.41) is 0.711. The lowest BCUT2D eigenvalue weighted by molar-refractivity contribution is 0.771. The van der Waals surface area contributed by atoms with Gasteiger partial charge in [-0.15, -0.1) is 0 Å². The van der Waals surface area contributed by atoms with Gasteiger partial charge in [0.05, 0.1) is 5.39 Å². The molecule has 0 N–H and O–H groups in total. The third kappa shape index (κ3) is 3.65. The fourth-order valence-electron chi connectivity index (χ4n) is 2.86. The van der Waals surface area contributed by atoms with E-state index in [-0.39, 0.29) is 5.43 Å². The lowest BCUT2D eigenvalue weighted by atomic mass is 10.1. The van der Waals surface area contributed by atoms with E-state index in [9.17, 15) is 4.79 Å². The molecule has 3 rings (SSSR count). The Hall–Kier alpha value is -2.42. The van der Waals surface area contributed by atoms with E-state index in [0.29, 0.717) is 5.39 Å². The van der Waals surface area contributed by atoms with Gasteiger partial charge in [-0.2, -0.15) is 0 Å². The number of rotatable bonds is 2. The van der Waals surface area contributed by atoms with Crippen molar-refractivity contribution >= 4 is 11.0 Å². The fraction of sp³-hybridized carbons (Fsp3) is 0.364. The Morgan fingerprint density at radius 2 is 1.56 bits per heavy atom. The minimum absolute atomic E-state index is 0.0910. The van der Waals surface area contributed by atoms with Crippen LogP contribution in [0.15, 0.2) is 35.1 Å². The van der Waals surface area contributed by atoms with Crippen LogP contribution in [0.2, 0.25) is 0 Å². The lowest BCUT2D eigenvalue weighted by Crippen LogP contribution is -2.18. The minimum Gasteiger partial charge on any atom is -0.325 e. The van der Waals surface area contributed by atoms with E-state index in [2.05, 4.69) is 35.8 Å². The molecule has 0 saturated heterocycles. The Labute approximate surface area is 150 Å². The fourth-order valence-corrected chi connectivity index (χ4v) is 2.86. The smallest absolute Gasteiger partial charge is 0.194 e. The molecule has 0 atom stereocenters. The molecule has 3 heteroatoms. The number of aromatic nitrogens is 2. The van der Waals surface area contributed by atoms with Crippen molar-refractivity contribution in [2.75, 3.05) is 0 Å². The highest BCUT2D eigenvalue weighted by molar-refractivity contribution is 5.77. The third-order valence-electron chi connectivity index (χ3n) is 4.70. The first-order chi connectivity index (χ1) is 11.9. The highest BCUT2D eigenvalue weighted by atomic mass is 16.1. The molecule has 3 aromatic rings. The summed E-state index contributed by atoms with van der Waals surface area (Å²) in [5.41, 5.74) is 7.14. The van der Waals surface area contributed by atoms with E-state index < -0.39 is 0 Å². The minimum atomic E-state index is 0.0910. The first kappa shape index (κ1) is 18.9. The molecule has 0 bridgehead atoms. The number of nitrogens with zero attached hydrogens (tertiary/aromatic N) is 2. The molecule has 0 amide bonds. The maximum atomic E-state index is 12.6. The van der Waals surface area contributed by atoms with Crippen molar-refractivity contribution in [1.29, 1.82) is 0 Å². The zero-order chi connectivity index (χ0) is 18.7. The number of pyridine rings is 2. The van der Waals surface area contributed by atoms with Crippen LogP contribution in [0.3, 0.4) is 0 Å². The van der Waals surface area contributed by atoms with Gasteiger partial charge in [-0.25, -0.2) is 4.98 Å². The molecular formula is C22H28N2O. The second-order valence-electron chi connectivity index (χ2n) is 6.37. The molecule has 0 aliphatic heterocycles. The summed E-state index contributed by atoms with van der Waals surface area (Å²) < 4.78 is 2.16. The van der Waals surface area contributed by atoms with Gasteiger partial charge in [-0.05, 0) is 51.8 Å². The van der Waals surface area contributed by atoms with Gasteiger partial charge in [-0.3, -0.25) is 4.79 Å².